The van der Waals surface area contributed by atoms with Crippen molar-refractivity contribution in [1.29, 1.82) is 0 Å². The Morgan fingerprint density at radius 3 is 2.35 bits per heavy atom. The van der Waals surface area contributed by atoms with E-state index in [2.05, 4.69) is 30.6 Å². The van der Waals surface area contributed by atoms with Gasteiger partial charge in [0.15, 0.2) is 5.78 Å². The predicted molar refractivity (Wildman–Crippen MR) is 87.3 cm³/mol. The average molecular weight is 322 g/mol. The summed E-state index contributed by atoms with van der Waals surface area (Å²) in [6.45, 7) is 4.02. The fourth-order valence-corrected chi connectivity index (χ4v) is 1.90. The lowest BCUT2D eigenvalue weighted by molar-refractivity contribution is -0.135. The molecule has 0 aromatic heterocycles. The van der Waals surface area contributed by atoms with Gasteiger partial charge >= 0.3 is 0 Å². The van der Waals surface area contributed by atoms with E-state index in [-0.39, 0.29) is 11.7 Å². The summed E-state index contributed by atoms with van der Waals surface area (Å²) >= 11 is 8.19. The fraction of sp³-hybridized carbons (Fsp3) is 0.846. The number of carbonyl (C=O) groups excluding carboxylic acids is 2. The van der Waals surface area contributed by atoms with E-state index < -0.39 is 23.3 Å². The third-order valence-electron chi connectivity index (χ3n) is 3.10. The van der Waals surface area contributed by atoms with Gasteiger partial charge in [0.2, 0.25) is 5.91 Å². The summed E-state index contributed by atoms with van der Waals surface area (Å²) in [7, 11) is 0. The summed E-state index contributed by atoms with van der Waals surface area (Å²) in [6.07, 6.45) is 0.706. The highest BCUT2D eigenvalue weighted by Crippen LogP contribution is 2.17. The molecule has 1 unspecified atom stereocenters. The number of amides is 1. The number of nitrogens with two attached hydrogens (primary N) is 1. The maximum Gasteiger partial charge on any atom is 0.227 e. The van der Waals surface area contributed by atoms with Crippen molar-refractivity contribution < 1.29 is 14.7 Å². The molecule has 1 amide bonds. The summed E-state index contributed by atoms with van der Waals surface area (Å²) in [6, 6.07) is -0.780. The number of unbranched alkanes of at least 4 members (excludes halogenated alkanes) is 1. The molecule has 0 saturated heterocycles. The molecule has 0 saturated carbocycles. The SMILES string of the molecule is CC(C)(CS)C(=O)N[C@@H](CS)C(=O)C(O)CCCCN. The first kappa shape index (κ1) is 19.8. The second-order valence-corrected chi connectivity index (χ2v) is 6.13. The third kappa shape index (κ3) is 6.47. The van der Waals surface area contributed by atoms with Crippen LogP contribution in [0.4, 0.5) is 0 Å². The number of hydrogen-bond acceptors (Lipinski definition) is 6. The Bertz CT molecular complexity index is 325. The minimum atomic E-state index is -1.09. The Morgan fingerprint density at radius 2 is 1.90 bits per heavy atom. The molecule has 2 atom stereocenters. The van der Waals surface area contributed by atoms with Crippen molar-refractivity contribution in [3.8, 4) is 0 Å². The molecule has 0 aliphatic rings. The van der Waals surface area contributed by atoms with Crippen LogP contribution in [0.25, 0.3) is 0 Å². The van der Waals surface area contributed by atoms with Gasteiger partial charge in [-0.3, -0.25) is 9.59 Å². The zero-order valence-corrected chi connectivity index (χ0v) is 13.9. The van der Waals surface area contributed by atoms with E-state index >= 15 is 0 Å². The predicted octanol–water partition coefficient (Wildman–Crippen LogP) is 0.416. The minimum absolute atomic E-state index is 0.154. The van der Waals surface area contributed by atoms with Gasteiger partial charge in [-0.15, -0.1) is 0 Å². The van der Waals surface area contributed by atoms with Crippen molar-refractivity contribution in [3.05, 3.63) is 0 Å². The molecule has 0 rings (SSSR count). The van der Waals surface area contributed by atoms with Gasteiger partial charge in [0.1, 0.15) is 6.10 Å². The molecule has 0 aromatic rings. The maximum atomic E-state index is 12.1. The van der Waals surface area contributed by atoms with Crippen LogP contribution in [-0.2, 0) is 9.59 Å². The Kier molecular flexibility index (Phi) is 9.54. The zero-order valence-electron chi connectivity index (χ0n) is 12.1. The van der Waals surface area contributed by atoms with Crippen LogP contribution in [0.5, 0.6) is 0 Å². The number of nitrogens with one attached hydrogen (secondary N) is 1. The Hall–Kier alpha value is -0.240. The van der Waals surface area contributed by atoms with E-state index in [1.165, 1.54) is 0 Å². The maximum absolute atomic E-state index is 12.1. The van der Waals surface area contributed by atoms with Gasteiger partial charge in [-0.1, -0.05) is 13.8 Å². The van der Waals surface area contributed by atoms with E-state index in [1.54, 1.807) is 13.8 Å². The molecule has 0 spiro atoms. The summed E-state index contributed by atoms with van der Waals surface area (Å²) < 4.78 is 0. The van der Waals surface area contributed by atoms with Crippen molar-refractivity contribution >= 4 is 36.9 Å². The first-order valence-electron chi connectivity index (χ1n) is 6.74. The summed E-state index contributed by atoms with van der Waals surface area (Å²) in [4.78, 5) is 24.1. The Labute approximate surface area is 131 Å². The van der Waals surface area contributed by atoms with Crippen LogP contribution in [-0.4, -0.2) is 47.0 Å². The van der Waals surface area contributed by atoms with Crippen LogP contribution in [0.15, 0.2) is 0 Å². The topological polar surface area (TPSA) is 92.4 Å². The van der Waals surface area contributed by atoms with E-state index in [4.69, 9.17) is 5.73 Å². The standard InChI is InChI=1S/C13H26N2O3S2/c1-13(2,8-20)12(18)15-9(7-19)11(17)10(16)5-3-4-6-14/h9-10,16,19-20H,3-8,14H2,1-2H3,(H,15,18)/t9-,10?/m0/s1. The van der Waals surface area contributed by atoms with Crippen molar-refractivity contribution in [2.75, 3.05) is 18.1 Å². The molecule has 20 heavy (non-hydrogen) atoms. The third-order valence-corrected chi connectivity index (χ3v) is 4.26. The number of Topliss-reactive ketones (excluding diaryl/α,β-unsaturated/α-hetero) is 1. The van der Waals surface area contributed by atoms with Gasteiger partial charge in [-0.2, -0.15) is 25.3 Å². The second-order valence-electron chi connectivity index (χ2n) is 5.45. The van der Waals surface area contributed by atoms with Gasteiger partial charge in [0, 0.05) is 11.5 Å². The van der Waals surface area contributed by atoms with Crippen molar-refractivity contribution in [2.45, 2.75) is 45.3 Å². The number of rotatable bonds is 10. The molecule has 0 radical (unpaired) electrons. The average Bonchev–Trinajstić information content (AvgIpc) is 2.43. The molecular formula is C13H26N2O3S2. The number of ketones is 1. The van der Waals surface area contributed by atoms with E-state index in [0.29, 0.717) is 25.1 Å². The molecule has 0 heterocycles. The highest BCUT2D eigenvalue weighted by atomic mass is 32.1. The highest BCUT2D eigenvalue weighted by molar-refractivity contribution is 7.80. The molecular weight excluding hydrogens is 296 g/mol. The Balaban J connectivity index is 4.51. The van der Waals surface area contributed by atoms with Crippen LogP contribution in [0.2, 0.25) is 0 Å². The van der Waals surface area contributed by atoms with Gasteiger partial charge in [-0.05, 0) is 25.8 Å². The van der Waals surface area contributed by atoms with Crippen LogP contribution < -0.4 is 11.1 Å². The molecule has 0 aromatic carbocycles. The zero-order chi connectivity index (χ0) is 15.8. The quantitative estimate of drug-likeness (QED) is 0.298. The lowest BCUT2D eigenvalue weighted by atomic mass is 9.94. The van der Waals surface area contributed by atoms with E-state index in [9.17, 15) is 14.7 Å². The van der Waals surface area contributed by atoms with E-state index in [1.807, 2.05) is 0 Å². The first-order chi connectivity index (χ1) is 9.30. The van der Waals surface area contributed by atoms with Crippen LogP contribution >= 0.6 is 25.3 Å². The molecule has 7 heteroatoms. The number of thiol groups is 2. The monoisotopic (exact) mass is 322 g/mol. The normalized spacial score (nSPS) is 14.7. The lowest BCUT2D eigenvalue weighted by Gasteiger charge is -2.25. The highest BCUT2D eigenvalue weighted by Gasteiger charge is 2.31. The lowest BCUT2D eigenvalue weighted by Crippen LogP contribution is -2.51. The van der Waals surface area contributed by atoms with E-state index in [0.717, 1.165) is 6.42 Å². The van der Waals surface area contributed by atoms with Crippen molar-refractivity contribution in [3.63, 3.8) is 0 Å². The van der Waals surface area contributed by atoms with Crippen LogP contribution in [0.3, 0.4) is 0 Å². The fourth-order valence-electron chi connectivity index (χ4n) is 1.49. The molecule has 4 N–H and O–H groups in total. The second kappa shape index (κ2) is 9.65. The smallest absolute Gasteiger partial charge is 0.227 e. The summed E-state index contributed by atoms with van der Waals surface area (Å²) in [5.74, 6) is -0.151. The van der Waals surface area contributed by atoms with Crippen molar-refractivity contribution in [1.82, 2.24) is 5.32 Å². The molecule has 0 aliphatic carbocycles. The first-order valence-corrected chi connectivity index (χ1v) is 8.01. The molecule has 5 nitrogen and oxygen atoms in total. The number of carbonyl (C=O) groups is 2. The molecule has 0 aliphatic heterocycles. The molecule has 0 fully saturated rings. The number of hydrogen-bond donors (Lipinski definition) is 5. The van der Waals surface area contributed by atoms with Gasteiger partial charge in [0.25, 0.3) is 0 Å². The van der Waals surface area contributed by atoms with Gasteiger partial charge < -0.3 is 16.2 Å². The minimum Gasteiger partial charge on any atom is -0.385 e. The Morgan fingerprint density at radius 1 is 1.30 bits per heavy atom. The van der Waals surface area contributed by atoms with Crippen LogP contribution in [0.1, 0.15) is 33.1 Å². The number of aliphatic hydroxyl groups excluding tert-OH is 1. The van der Waals surface area contributed by atoms with Crippen LogP contribution in [0, 0.1) is 5.41 Å². The van der Waals surface area contributed by atoms with Gasteiger partial charge in [0.05, 0.1) is 11.5 Å². The van der Waals surface area contributed by atoms with Gasteiger partial charge in [-0.25, -0.2) is 0 Å². The summed E-state index contributed by atoms with van der Waals surface area (Å²) in [5, 5.41) is 12.5. The molecule has 118 valence electrons. The van der Waals surface area contributed by atoms with Crippen molar-refractivity contribution in [2.24, 2.45) is 11.1 Å². The molecule has 0 bridgehead atoms. The number of aliphatic hydroxyl groups is 1. The summed E-state index contributed by atoms with van der Waals surface area (Å²) in [5.41, 5.74) is 4.69. The largest absolute Gasteiger partial charge is 0.385 e.